The van der Waals surface area contributed by atoms with Gasteiger partial charge in [0.1, 0.15) is 12.4 Å². The molecule has 26 heavy (non-hydrogen) atoms. The predicted octanol–water partition coefficient (Wildman–Crippen LogP) is 0.501. The number of hydrogen-bond acceptors (Lipinski definition) is 6. The maximum Gasteiger partial charge on any atom is 0.252 e. The van der Waals surface area contributed by atoms with Crippen molar-refractivity contribution in [3.05, 3.63) is 51.9 Å². The maximum atomic E-state index is 12.2. The molecule has 1 amide bonds. The molecule has 138 valence electrons. The molecule has 3 rings (SSSR count). The van der Waals surface area contributed by atoms with Gasteiger partial charge in [-0.25, -0.2) is 4.98 Å². The number of aromatic nitrogens is 2. The van der Waals surface area contributed by atoms with Crippen molar-refractivity contribution in [3.8, 4) is 5.75 Å². The summed E-state index contributed by atoms with van der Waals surface area (Å²) in [7, 11) is 0. The van der Waals surface area contributed by atoms with Gasteiger partial charge in [0.05, 0.1) is 6.54 Å². The number of carbonyl (C=O) groups is 1. The highest BCUT2D eigenvalue weighted by Crippen LogP contribution is 2.21. The Labute approximate surface area is 151 Å². The van der Waals surface area contributed by atoms with Gasteiger partial charge in [-0.15, -0.1) is 0 Å². The third-order valence-corrected chi connectivity index (χ3v) is 4.01. The van der Waals surface area contributed by atoms with Crippen LogP contribution in [0.2, 0.25) is 0 Å². The Balaban J connectivity index is 1.42. The first-order chi connectivity index (χ1) is 12.6. The number of aromatic amines is 1. The number of fused-ring (bicyclic) bond motifs is 1. The Kier molecular flexibility index (Phi) is 5.85. The third-order valence-electron chi connectivity index (χ3n) is 4.01. The molecule has 1 aliphatic heterocycles. The van der Waals surface area contributed by atoms with E-state index in [1.54, 1.807) is 6.92 Å². The number of carbonyl (C=O) groups excluding carboxylic acids is 1. The van der Waals surface area contributed by atoms with Gasteiger partial charge in [0.15, 0.2) is 0 Å². The molecule has 2 heterocycles. The predicted molar refractivity (Wildman–Crippen MR) is 98.3 cm³/mol. The lowest BCUT2D eigenvalue weighted by atomic mass is 10.2. The van der Waals surface area contributed by atoms with Crippen LogP contribution in [0.3, 0.4) is 0 Å². The fourth-order valence-corrected chi connectivity index (χ4v) is 2.82. The average Bonchev–Trinajstić information content (AvgIpc) is 2.79. The van der Waals surface area contributed by atoms with Crippen LogP contribution in [0.5, 0.6) is 5.75 Å². The summed E-state index contributed by atoms with van der Waals surface area (Å²) >= 11 is 0. The topological polar surface area (TPSA) is 99.4 Å². The van der Waals surface area contributed by atoms with E-state index in [-0.39, 0.29) is 11.5 Å². The number of H-pyrrole nitrogens is 1. The number of para-hydroxylation sites is 1. The number of nitrogens with zero attached hydrogens (tertiary/aromatic N) is 2. The van der Waals surface area contributed by atoms with Gasteiger partial charge in [-0.3, -0.25) is 19.5 Å². The normalized spacial score (nSPS) is 14.0. The molecule has 8 nitrogen and oxygen atoms in total. The van der Waals surface area contributed by atoms with Crippen molar-refractivity contribution in [2.24, 2.45) is 0 Å². The Hall–Kier alpha value is -2.87. The zero-order valence-electron chi connectivity index (χ0n) is 14.7. The molecule has 2 aromatic rings. The largest absolute Gasteiger partial charge is 0.492 e. The Morgan fingerprint density at radius 2 is 2.19 bits per heavy atom. The van der Waals surface area contributed by atoms with E-state index in [1.165, 1.54) is 6.07 Å². The van der Waals surface area contributed by atoms with Crippen molar-refractivity contribution in [3.63, 3.8) is 0 Å². The minimum Gasteiger partial charge on any atom is -0.492 e. The van der Waals surface area contributed by atoms with Crippen LogP contribution in [0.15, 0.2) is 35.1 Å². The summed E-state index contributed by atoms with van der Waals surface area (Å²) in [6, 6.07) is 9.32. The Bertz CT molecular complexity index is 820. The average molecular weight is 357 g/mol. The molecule has 0 radical (unpaired) electrons. The van der Waals surface area contributed by atoms with Gasteiger partial charge in [0.25, 0.3) is 5.56 Å². The summed E-state index contributed by atoms with van der Waals surface area (Å²) in [5, 5.41) is 5.86. The number of hydrogen-bond donors (Lipinski definition) is 3. The Morgan fingerprint density at radius 3 is 3.04 bits per heavy atom. The minimum absolute atomic E-state index is 0.0446. The van der Waals surface area contributed by atoms with Crippen LogP contribution < -0.4 is 20.9 Å². The van der Waals surface area contributed by atoms with E-state index in [2.05, 4.69) is 25.5 Å². The first-order valence-electron chi connectivity index (χ1n) is 8.62. The second-order valence-electron chi connectivity index (χ2n) is 6.18. The summed E-state index contributed by atoms with van der Waals surface area (Å²) in [6.07, 6.45) is 0. The number of aryl methyl sites for hydroxylation is 1. The summed E-state index contributed by atoms with van der Waals surface area (Å²) in [5.74, 6) is 1.25. The van der Waals surface area contributed by atoms with Crippen molar-refractivity contribution in [1.29, 1.82) is 0 Å². The first kappa shape index (κ1) is 17.9. The molecule has 0 spiro atoms. The molecule has 0 atom stereocenters. The van der Waals surface area contributed by atoms with Gasteiger partial charge < -0.3 is 15.4 Å². The fraction of sp³-hybridized carbons (Fsp3) is 0.389. The second kappa shape index (κ2) is 8.48. The smallest absolute Gasteiger partial charge is 0.252 e. The third kappa shape index (κ3) is 5.06. The monoisotopic (exact) mass is 357 g/mol. The van der Waals surface area contributed by atoms with Gasteiger partial charge in [-0.05, 0) is 13.0 Å². The molecule has 0 fully saturated rings. The zero-order chi connectivity index (χ0) is 18.4. The van der Waals surface area contributed by atoms with Gasteiger partial charge in [0.2, 0.25) is 11.9 Å². The number of nitrogens with one attached hydrogen (secondary N) is 3. The molecule has 0 bridgehead atoms. The second-order valence-corrected chi connectivity index (χ2v) is 6.18. The van der Waals surface area contributed by atoms with Crippen LogP contribution in [-0.4, -0.2) is 53.6 Å². The zero-order valence-corrected chi connectivity index (χ0v) is 14.7. The van der Waals surface area contributed by atoms with Crippen molar-refractivity contribution in [2.45, 2.75) is 13.5 Å². The fourth-order valence-electron chi connectivity index (χ4n) is 2.82. The number of benzene rings is 1. The van der Waals surface area contributed by atoms with Crippen LogP contribution in [0.25, 0.3) is 0 Å². The van der Waals surface area contributed by atoms with Gasteiger partial charge >= 0.3 is 0 Å². The van der Waals surface area contributed by atoms with E-state index in [0.29, 0.717) is 51.0 Å². The van der Waals surface area contributed by atoms with Crippen LogP contribution in [0, 0.1) is 6.92 Å². The van der Waals surface area contributed by atoms with Gasteiger partial charge in [-0.2, -0.15) is 0 Å². The van der Waals surface area contributed by atoms with Crippen molar-refractivity contribution in [1.82, 2.24) is 20.2 Å². The lowest BCUT2D eigenvalue weighted by molar-refractivity contribution is -0.122. The van der Waals surface area contributed by atoms with Crippen LogP contribution in [0.1, 0.15) is 11.3 Å². The summed E-state index contributed by atoms with van der Waals surface area (Å²) in [4.78, 5) is 32.4. The number of ether oxygens (including phenoxy) is 1. The molecule has 1 aromatic carbocycles. The Morgan fingerprint density at radius 1 is 1.35 bits per heavy atom. The number of anilines is 1. The summed E-state index contributed by atoms with van der Waals surface area (Å²) in [5.41, 5.74) is 1.53. The highest BCUT2D eigenvalue weighted by molar-refractivity contribution is 5.78. The highest BCUT2D eigenvalue weighted by atomic mass is 16.5. The van der Waals surface area contributed by atoms with E-state index in [0.717, 1.165) is 11.3 Å². The van der Waals surface area contributed by atoms with Crippen molar-refractivity contribution >= 4 is 11.9 Å². The highest BCUT2D eigenvalue weighted by Gasteiger charge is 2.17. The van der Waals surface area contributed by atoms with E-state index in [4.69, 9.17) is 4.74 Å². The molecule has 0 aliphatic carbocycles. The lowest BCUT2D eigenvalue weighted by Crippen LogP contribution is -2.39. The van der Waals surface area contributed by atoms with E-state index < -0.39 is 0 Å². The van der Waals surface area contributed by atoms with Crippen molar-refractivity contribution < 1.29 is 9.53 Å². The van der Waals surface area contributed by atoms with Gasteiger partial charge in [-0.1, -0.05) is 18.2 Å². The van der Waals surface area contributed by atoms with E-state index in [1.807, 2.05) is 24.3 Å². The van der Waals surface area contributed by atoms with Crippen molar-refractivity contribution in [2.75, 3.05) is 38.1 Å². The van der Waals surface area contributed by atoms with Crippen LogP contribution >= 0.6 is 0 Å². The van der Waals surface area contributed by atoms with Crippen LogP contribution in [0.4, 0.5) is 5.95 Å². The molecular formula is C18H23N5O3. The molecular weight excluding hydrogens is 334 g/mol. The first-order valence-corrected chi connectivity index (χ1v) is 8.62. The van der Waals surface area contributed by atoms with Gasteiger partial charge in [0, 0.05) is 43.5 Å². The molecule has 3 N–H and O–H groups in total. The standard InChI is InChI=1S/C18H23N5O3/c1-13-10-16(24)22-18(21-13)20-7-6-19-17(25)12-23-8-9-26-15-5-3-2-4-14(15)11-23/h2-5,10H,6-9,11-12H2,1H3,(H,19,25)(H2,20,21,22,24). The SMILES string of the molecule is Cc1cc(=O)[nH]c(NCCNC(=O)CN2CCOc3ccccc3C2)n1. The minimum atomic E-state index is -0.201. The van der Waals surface area contributed by atoms with E-state index >= 15 is 0 Å². The molecule has 0 saturated heterocycles. The molecule has 0 saturated carbocycles. The summed E-state index contributed by atoms with van der Waals surface area (Å²) < 4.78 is 5.71. The molecule has 1 aromatic heterocycles. The molecule has 8 heteroatoms. The number of rotatable bonds is 6. The molecule has 0 unspecified atom stereocenters. The number of amides is 1. The lowest BCUT2D eigenvalue weighted by Gasteiger charge is -2.18. The molecule has 1 aliphatic rings. The summed E-state index contributed by atoms with van der Waals surface area (Å²) in [6.45, 7) is 4.95. The van der Waals surface area contributed by atoms with Crippen LogP contribution in [-0.2, 0) is 11.3 Å². The maximum absolute atomic E-state index is 12.2. The van der Waals surface area contributed by atoms with E-state index in [9.17, 15) is 9.59 Å². The quantitative estimate of drug-likeness (QED) is 0.651.